The number of aromatic nitrogens is 1. The second-order valence-electron chi connectivity index (χ2n) is 5.94. The summed E-state index contributed by atoms with van der Waals surface area (Å²) >= 11 is 0. The SMILES string of the molecule is CO[C@H]1CN(C(=O)c2c(C)noc2C)CC[C@@]12CCCO2. The smallest absolute Gasteiger partial charge is 0.259 e. The second-order valence-corrected chi connectivity index (χ2v) is 5.94. The van der Waals surface area contributed by atoms with Crippen LogP contribution in [0.1, 0.15) is 41.1 Å². The first kappa shape index (κ1) is 14.5. The van der Waals surface area contributed by atoms with Crippen molar-refractivity contribution in [2.45, 2.75) is 44.8 Å². The molecule has 0 N–H and O–H groups in total. The second kappa shape index (κ2) is 5.42. The third kappa shape index (κ3) is 2.36. The summed E-state index contributed by atoms with van der Waals surface area (Å²) in [5.74, 6) is 0.546. The number of methoxy groups -OCH3 is 1. The maximum atomic E-state index is 12.7. The van der Waals surface area contributed by atoms with E-state index in [1.54, 1.807) is 21.0 Å². The van der Waals surface area contributed by atoms with Crippen LogP contribution in [0, 0.1) is 13.8 Å². The highest BCUT2D eigenvalue weighted by molar-refractivity contribution is 5.96. The summed E-state index contributed by atoms with van der Waals surface area (Å²) in [4.78, 5) is 14.5. The molecule has 2 fully saturated rings. The molecular formula is C15H22N2O4. The molecular weight excluding hydrogens is 272 g/mol. The van der Waals surface area contributed by atoms with Gasteiger partial charge in [0.2, 0.25) is 0 Å². The van der Waals surface area contributed by atoms with E-state index in [1.165, 1.54) is 0 Å². The molecule has 0 radical (unpaired) electrons. The number of hydrogen-bond acceptors (Lipinski definition) is 5. The van der Waals surface area contributed by atoms with Crippen molar-refractivity contribution < 1.29 is 18.8 Å². The maximum absolute atomic E-state index is 12.7. The number of hydrogen-bond donors (Lipinski definition) is 0. The van der Waals surface area contributed by atoms with E-state index in [2.05, 4.69) is 5.16 Å². The summed E-state index contributed by atoms with van der Waals surface area (Å²) in [7, 11) is 1.69. The molecule has 1 spiro atoms. The number of likely N-dealkylation sites (tertiary alicyclic amines) is 1. The highest BCUT2D eigenvalue weighted by atomic mass is 16.6. The van der Waals surface area contributed by atoms with Crippen molar-refractivity contribution in [3.05, 3.63) is 17.0 Å². The van der Waals surface area contributed by atoms with E-state index in [-0.39, 0.29) is 17.6 Å². The minimum Gasteiger partial charge on any atom is -0.377 e. The molecule has 0 aliphatic carbocycles. The fourth-order valence-corrected chi connectivity index (χ4v) is 3.53. The van der Waals surface area contributed by atoms with E-state index < -0.39 is 0 Å². The van der Waals surface area contributed by atoms with Crippen LogP contribution >= 0.6 is 0 Å². The number of aryl methyl sites for hydroxylation is 2. The van der Waals surface area contributed by atoms with E-state index in [0.717, 1.165) is 25.9 Å². The Morgan fingerprint density at radius 2 is 2.24 bits per heavy atom. The molecule has 1 amide bonds. The Labute approximate surface area is 124 Å². The lowest BCUT2D eigenvalue weighted by atomic mass is 9.85. The summed E-state index contributed by atoms with van der Waals surface area (Å²) in [5, 5.41) is 3.86. The zero-order valence-electron chi connectivity index (χ0n) is 12.8. The van der Waals surface area contributed by atoms with Crippen LogP contribution in [0.5, 0.6) is 0 Å². The van der Waals surface area contributed by atoms with Crippen LogP contribution in [-0.2, 0) is 9.47 Å². The molecule has 0 aromatic carbocycles. The average molecular weight is 294 g/mol. The van der Waals surface area contributed by atoms with Crippen molar-refractivity contribution >= 4 is 5.91 Å². The van der Waals surface area contributed by atoms with Gasteiger partial charge in [0.05, 0.1) is 11.3 Å². The Bertz CT molecular complexity index is 514. The van der Waals surface area contributed by atoms with Crippen molar-refractivity contribution in [3.63, 3.8) is 0 Å². The first-order valence-electron chi connectivity index (χ1n) is 7.46. The molecule has 6 heteroatoms. The molecule has 116 valence electrons. The topological polar surface area (TPSA) is 64.8 Å². The minimum atomic E-state index is -0.204. The Kier molecular flexibility index (Phi) is 3.75. The van der Waals surface area contributed by atoms with Gasteiger partial charge in [-0.3, -0.25) is 4.79 Å². The molecule has 0 saturated carbocycles. The average Bonchev–Trinajstić information content (AvgIpc) is 3.07. The Hall–Kier alpha value is -1.40. The number of rotatable bonds is 2. The lowest BCUT2D eigenvalue weighted by molar-refractivity contribution is -0.136. The van der Waals surface area contributed by atoms with Crippen LogP contribution in [0.15, 0.2) is 4.52 Å². The molecule has 0 unspecified atom stereocenters. The fourth-order valence-electron chi connectivity index (χ4n) is 3.53. The van der Waals surface area contributed by atoms with Gasteiger partial charge in [-0.1, -0.05) is 5.16 Å². The molecule has 2 saturated heterocycles. The number of piperidine rings is 1. The third-order valence-corrected chi connectivity index (χ3v) is 4.73. The Morgan fingerprint density at radius 1 is 1.43 bits per heavy atom. The van der Waals surface area contributed by atoms with Gasteiger partial charge in [0.1, 0.15) is 17.4 Å². The van der Waals surface area contributed by atoms with Gasteiger partial charge >= 0.3 is 0 Å². The lowest BCUT2D eigenvalue weighted by Crippen LogP contribution is -2.57. The molecule has 2 aliphatic rings. The molecule has 2 aliphatic heterocycles. The van der Waals surface area contributed by atoms with Crippen molar-refractivity contribution in [1.82, 2.24) is 10.1 Å². The van der Waals surface area contributed by atoms with Crippen molar-refractivity contribution in [2.75, 3.05) is 26.8 Å². The summed E-state index contributed by atoms with van der Waals surface area (Å²) in [5.41, 5.74) is 1.02. The number of amides is 1. The quantitative estimate of drug-likeness (QED) is 0.830. The van der Waals surface area contributed by atoms with Gasteiger partial charge in [-0.15, -0.1) is 0 Å². The predicted octanol–water partition coefficient (Wildman–Crippen LogP) is 1.70. The third-order valence-electron chi connectivity index (χ3n) is 4.73. The largest absolute Gasteiger partial charge is 0.377 e. The minimum absolute atomic E-state index is 0.0267. The predicted molar refractivity (Wildman–Crippen MR) is 75.2 cm³/mol. The van der Waals surface area contributed by atoms with Gasteiger partial charge in [-0.05, 0) is 33.1 Å². The monoisotopic (exact) mass is 294 g/mol. The number of nitrogens with zero attached hydrogens (tertiary/aromatic N) is 2. The molecule has 2 atom stereocenters. The van der Waals surface area contributed by atoms with Crippen LogP contribution in [0.3, 0.4) is 0 Å². The molecule has 1 aromatic heterocycles. The normalized spacial score (nSPS) is 29.3. The van der Waals surface area contributed by atoms with Crippen molar-refractivity contribution in [3.8, 4) is 0 Å². The van der Waals surface area contributed by atoms with E-state index in [0.29, 0.717) is 30.1 Å². The van der Waals surface area contributed by atoms with Crippen LogP contribution in [0.4, 0.5) is 0 Å². The molecule has 0 bridgehead atoms. The summed E-state index contributed by atoms with van der Waals surface area (Å²) in [6.07, 6.45) is 2.83. The van der Waals surface area contributed by atoms with Crippen LogP contribution in [0.25, 0.3) is 0 Å². The molecule has 3 heterocycles. The van der Waals surface area contributed by atoms with E-state index >= 15 is 0 Å². The van der Waals surface area contributed by atoms with Gasteiger partial charge in [0, 0.05) is 26.8 Å². The number of carbonyl (C=O) groups is 1. The van der Waals surface area contributed by atoms with Gasteiger partial charge in [-0.25, -0.2) is 0 Å². The molecule has 6 nitrogen and oxygen atoms in total. The van der Waals surface area contributed by atoms with Crippen LogP contribution in [0.2, 0.25) is 0 Å². The standard InChI is InChI=1S/C15H22N2O4/c1-10-13(11(2)21-16-10)14(18)17-7-6-15(5-4-8-20-15)12(9-17)19-3/h12H,4-9H2,1-3H3/t12-,15-/m0/s1. The first-order valence-corrected chi connectivity index (χ1v) is 7.46. The lowest BCUT2D eigenvalue weighted by Gasteiger charge is -2.44. The van der Waals surface area contributed by atoms with Crippen LogP contribution < -0.4 is 0 Å². The van der Waals surface area contributed by atoms with E-state index in [1.807, 2.05) is 4.90 Å². The summed E-state index contributed by atoms with van der Waals surface area (Å²) < 4.78 is 16.7. The zero-order chi connectivity index (χ0) is 15.0. The first-order chi connectivity index (χ1) is 10.1. The maximum Gasteiger partial charge on any atom is 0.259 e. The van der Waals surface area contributed by atoms with Gasteiger partial charge < -0.3 is 18.9 Å². The summed E-state index contributed by atoms with van der Waals surface area (Å²) in [6, 6.07) is 0. The Balaban J connectivity index is 1.78. The summed E-state index contributed by atoms with van der Waals surface area (Å²) in [6.45, 7) is 5.59. The van der Waals surface area contributed by atoms with Gasteiger partial charge in [0.25, 0.3) is 5.91 Å². The number of carbonyl (C=O) groups excluding carboxylic acids is 1. The number of ether oxygens (including phenoxy) is 2. The van der Waals surface area contributed by atoms with Crippen molar-refractivity contribution in [1.29, 1.82) is 0 Å². The van der Waals surface area contributed by atoms with Gasteiger partial charge in [-0.2, -0.15) is 0 Å². The molecule has 1 aromatic rings. The zero-order valence-corrected chi connectivity index (χ0v) is 12.8. The van der Waals surface area contributed by atoms with Crippen molar-refractivity contribution in [2.24, 2.45) is 0 Å². The molecule has 3 rings (SSSR count). The van der Waals surface area contributed by atoms with E-state index in [9.17, 15) is 4.79 Å². The van der Waals surface area contributed by atoms with E-state index in [4.69, 9.17) is 14.0 Å². The van der Waals surface area contributed by atoms with Crippen LogP contribution in [-0.4, -0.2) is 54.5 Å². The highest BCUT2D eigenvalue weighted by Crippen LogP contribution is 2.37. The molecule has 21 heavy (non-hydrogen) atoms. The fraction of sp³-hybridized carbons (Fsp3) is 0.733. The van der Waals surface area contributed by atoms with Gasteiger partial charge in [0.15, 0.2) is 0 Å². The Morgan fingerprint density at radius 3 is 2.81 bits per heavy atom. The highest BCUT2D eigenvalue weighted by Gasteiger charge is 2.47.